The molecule has 0 saturated heterocycles. The number of nitrogens with one attached hydrogen (secondary N) is 2. The average molecular weight is 559 g/mol. The Morgan fingerprint density at radius 3 is 2.67 bits per heavy atom. The Hall–Kier alpha value is -3.94. The summed E-state index contributed by atoms with van der Waals surface area (Å²) in [7, 11) is -3.18. The maximum atomic E-state index is 11.9. The number of aldehydes is 1. The van der Waals surface area contributed by atoms with Crippen LogP contribution in [0.25, 0.3) is 0 Å². The monoisotopic (exact) mass is 558 g/mol. The third kappa shape index (κ3) is 9.39. The number of sulfone groups is 1. The zero-order valence-electron chi connectivity index (χ0n) is 22.1. The van der Waals surface area contributed by atoms with Crippen molar-refractivity contribution in [2.75, 3.05) is 23.1 Å². The number of aromatic amines is 1. The lowest BCUT2D eigenvalue weighted by Gasteiger charge is -2.23. The van der Waals surface area contributed by atoms with Crippen LogP contribution in [0.1, 0.15) is 77.6 Å². The number of anilines is 2. The quantitative estimate of drug-likeness (QED) is 0.186. The molecule has 0 aliphatic heterocycles. The van der Waals surface area contributed by atoms with Crippen LogP contribution in [0.15, 0.2) is 18.2 Å². The first-order chi connectivity index (χ1) is 18.6. The molecule has 2 aromatic heterocycles. The van der Waals surface area contributed by atoms with Gasteiger partial charge in [0.05, 0.1) is 17.9 Å². The van der Waals surface area contributed by atoms with Gasteiger partial charge in [-0.1, -0.05) is 43.2 Å². The van der Waals surface area contributed by atoms with E-state index in [1.165, 1.54) is 6.26 Å². The van der Waals surface area contributed by atoms with Crippen LogP contribution in [0.3, 0.4) is 0 Å². The van der Waals surface area contributed by atoms with Crippen molar-refractivity contribution in [3.63, 3.8) is 0 Å². The first kappa shape index (κ1) is 29.6. The summed E-state index contributed by atoms with van der Waals surface area (Å²) < 4.78 is 23.7. The van der Waals surface area contributed by atoms with Crippen molar-refractivity contribution in [1.29, 1.82) is 0 Å². The molecule has 0 saturated carbocycles. The third-order valence-corrected chi connectivity index (χ3v) is 7.20. The molecule has 3 rings (SSSR count). The Balaban J connectivity index is 2.03. The van der Waals surface area contributed by atoms with E-state index in [0.29, 0.717) is 53.3 Å². The average Bonchev–Trinajstić information content (AvgIpc) is 3.38. The van der Waals surface area contributed by atoms with Crippen LogP contribution in [0, 0.1) is 0 Å². The van der Waals surface area contributed by atoms with Crippen molar-refractivity contribution >= 4 is 33.9 Å². The molecule has 14 heteroatoms. The zero-order chi connectivity index (χ0) is 28.4. The van der Waals surface area contributed by atoms with Crippen molar-refractivity contribution in [2.24, 2.45) is 0 Å². The minimum Gasteiger partial charge on any atom is -0.481 e. The number of benzene rings is 1. The minimum atomic E-state index is -3.18. The molecule has 210 valence electrons. The summed E-state index contributed by atoms with van der Waals surface area (Å²) >= 11 is 0. The Kier molecular flexibility index (Phi) is 10.4. The fourth-order valence-corrected chi connectivity index (χ4v) is 4.96. The topological polar surface area (TPSA) is 207 Å². The van der Waals surface area contributed by atoms with Crippen LogP contribution in [0.4, 0.5) is 11.8 Å². The number of hydrogen-bond donors (Lipinski definition) is 4. The summed E-state index contributed by atoms with van der Waals surface area (Å²) in [5, 5.41) is 26.6. The SMILES string of the molecule is CCCCC(CCS(C)(=O)=O)Nc1nc(N)nc(CCC(=O)O)c1Cc1cc(Cc2nn[nH]n2)ccc1C=O. The predicted octanol–water partition coefficient (Wildman–Crippen LogP) is 1.99. The number of aliphatic carboxylic acids is 1. The van der Waals surface area contributed by atoms with Gasteiger partial charge in [0.2, 0.25) is 5.95 Å². The van der Waals surface area contributed by atoms with Gasteiger partial charge in [-0.2, -0.15) is 10.2 Å². The van der Waals surface area contributed by atoms with Crippen LogP contribution < -0.4 is 11.1 Å². The Morgan fingerprint density at radius 2 is 2.03 bits per heavy atom. The third-order valence-electron chi connectivity index (χ3n) is 6.22. The summed E-state index contributed by atoms with van der Waals surface area (Å²) in [6, 6.07) is 5.16. The Labute approximate surface area is 226 Å². The van der Waals surface area contributed by atoms with Crippen LogP contribution in [0.5, 0.6) is 0 Å². The number of hydrogen-bond acceptors (Lipinski definition) is 11. The molecule has 0 radical (unpaired) electrons. The lowest BCUT2D eigenvalue weighted by molar-refractivity contribution is -0.136. The van der Waals surface area contributed by atoms with E-state index >= 15 is 0 Å². The second-order valence-electron chi connectivity index (χ2n) is 9.48. The largest absolute Gasteiger partial charge is 0.481 e. The molecule has 1 aromatic carbocycles. The first-order valence-corrected chi connectivity index (χ1v) is 14.7. The number of nitrogen functional groups attached to an aromatic ring is 1. The minimum absolute atomic E-state index is 0.00354. The molecule has 3 aromatic rings. The molecule has 0 spiro atoms. The van der Waals surface area contributed by atoms with E-state index < -0.39 is 15.8 Å². The summed E-state index contributed by atoms with van der Waals surface area (Å²) in [6.07, 6.45) is 5.37. The van der Waals surface area contributed by atoms with Gasteiger partial charge in [0.1, 0.15) is 21.9 Å². The van der Waals surface area contributed by atoms with Gasteiger partial charge in [-0.3, -0.25) is 9.59 Å². The number of aromatic nitrogens is 6. The van der Waals surface area contributed by atoms with Crippen molar-refractivity contribution in [2.45, 2.75) is 64.3 Å². The van der Waals surface area contributed by atoms with E-state index in [9.17, 15) is 23.1 Å². The molecular formula is C25H34N8O5S. The molecule has 1 atom stereocenters. The molecule has 39 heavy (non-hydrogen) atoms. The molecular weight excluding hydrogens is 524 g/mol. The highest BCUT2D eigenvalue weighted by Gasteiger charge is 2.21. The fraction of sp³-hybridized carbons (Fsp3) is 0.480. The van der Waals surface area contributed by atoms with Gasteiger partial charge in [-0.15, -0.1) is 10.2 Å². The number of carboxylic acid groups (broad SMARTS) is 1. The van der Waals surface area contributed by atoms with Gasteiger partial charge in [-0.05, 0) is 24.0 Å². The van der Waals surface area contributed by atoms with Gasteiger partial charge >= 0.3 is 5.97 Å². The standard InChI is InChI=1S/C25H34N8O5S/c1-3-4-5-19(10-11-39(2,37)38)27-24-20(21(8-9-23(35)36)28-25(26)29-24)14-18-12-16(6-7-17(18)15-34)13-22-30-32-33-31-22/h6-7,12,15,19H,3-5,8-11,13-14H2,1-2H3,(H,35,36)(H3,26,27,28,29)(H,30,31,32,33). The lowest BCUT2D eigenvalue weighted by atomic mass is 9.95. The summed E-state index contributed by atoms with van der Waals surface area (Å²) in [5.41, 5.74) is 9.06. The number of tetrazole rings is 1. The number of carboxylic acids is 1. The summed E-state index contributed by atoms with van der Waals surface area (Å²) in [5.74, 6) is -0.121. The molecule has 13 nitrogen and oxygen atoms in total. The van der Waals surface area contributed by atoms with Crippen molar-refractivity contribution in [3.8, 4) is 0 Å². The number of aryl methyl sites for hydroxylation is 1. The highest BCUT2D eigenvalue weighted by molar-refractivity contribution is 7.90. The van der Waals surface area contributed by atoms with Crippen LogP contribution in [0.2, 0.25) is 0 Å². The Bertz CT molecular complexity index is 1380. The molecule has 0 fully saturated rings. The molecule has 0 aliphatic rings. The smallest absolute Gasteiger partial charge is 0.303 e. The second kappa shape index (κ2) is 13.7. The number of rotatable bonds is 16. The number of nitrogens with two attached hydrogens (primary N) is 1. The number of carbonyl (C=O) groups is 2. The summed E-state index contributed by atoms with van der Waals surface area (Å²) in [4.78, 5) is 32.1. The van der Waals surface area contributed by atoms with Crippen molar-refractivity contribution in [3.05, 3.63) is 52.0 Å². The van der Waals surface area contributed by atoms with Gasteiger partial charge in [0, 0.05) is 42.7 Å². The molecule has 0 aliphatic carbocycles. The first-order valence-electron chi connectivity index (χ1n) is 12.7. The van der Waals surface area contributed by atoms with Crippen LogP contribution >= 0.6 is 0 Å². The van der Waals surface area contributed by atoms with Crippen LogP contribution in [-0.4, -0.2) is 74.4 Å². The molecule has 5 N–H and O–H groups in total. The Morgan fingerprint density at radius 1 is 1.23 bits per heavy atom. The maximum absolute atomic E-state index is 11.9. The number of H-pyrrole nitrogens is 1. The normalized spacial score (nSPS) is 12.3. The van der Waals surface area contributed by atoms with E-state index in [2.05, 4.69) is 35.9 Å². The van der Waals surface area contributed by atoms with Gasteiger partial charge in [0.25, 0.3) is 0 Å². The number of unbranched alkanes of at least 4 members (excludes halogenated alkanes) is 1. The van der Waals surface area contributed by atoms with E-state index in [1.807, 2.05) is 13.0 Å². The predicted molar refractivity (Wildman–Crippen MR) is 145 cm³/mol. The fourth-order valence-electron chi connectivity index (χ4n) is 4.24. The van der Waals surface area contributed by atoms with Crippen molar-refractivity contribution < 1.29 is 23.1 Å². The second-order valence-corrected chi connectivity index (χ2v) is 11.7. The van der Waals surface area contributed by atoms with E-state index in [1.54, 1.807) is 12.1 Å². The highest BCUT2D eigenvalue weighted by Crippen LogP contribution is 2.27. The maximum Gasteiger partial charge on any atom is 0.303 e. The lowest BCUT2D eigenvalue weighted by Crippen LogP contribution is -2.25. The van der Waals surface area contributed by atoms with E-state index in [-0.39, 0.29) is 37.0 Å². The van der Waals surface area contributed by atoms with Crippen molar-refractivity contribution in [1.82, 2.24) is 30.6 Å². The van der Waals surface area contributed by atoms with E-state index in [4.69, 9.17) is 5.73 Å². The van der Waals surface area contributed by atoms with Gasteiger partial charge in [0.15, 0.2) is 5.82 Å². The number of carbonyl (C=O) groups excluding carboxylic acids is 1. The van der Waals surface area contributed by atoms with Crippen LogP contribution in [-0.2, 0) is 33.9 Å². The van der Waals surface area contributed by atoms with Gasteiger partial charge < -0.3 is 16.2 Å². The van der Waals surface area contributed by atoms with E-state index in [0.717, 1.165) is 24.7 Å². The number of nitrogens with zero attached hydrogens (tertiary/aromatic N) is 5. The zero-order valence-corrected chi connectivity index (χ0v) is 22.9. The highest BCUT2D eigenvalue weighted by atomic mass is 32.2. The molecule has 0 bridgehead atoms. The summed E-state index contributed by atoms with van der Waals surface area (Å²) in [6.45, 7) is 2.05. The molecule has 0 amide bonds. The molecule has 1 unspecified atom stereocenters. The van der Waals surface area contributed by atoms with Gasteiger partial charge in [-0.25, -0.2) is 13.4 Å². The molecule has 2 heterocycles.